The quantitative estimate of drug-likeness (QED) is 0.655. The van der Waals surface area contributed by atoms with Gasteiger partial charge in [0.1, 0.15) is 0 Å². The van der Waals surface area contributed by atoms with E-state index in [4.69, 9.17) is 15.6 Å². The van der Waals surface area contributed by atoms with Crippen LogP contribution in [0.3, 0.4) is 0 Å². The van der Waals surface area contributed by atoms with Crippen LogP contribution in [-0.4, -0.2) is 36.4 Å². The third kappa shape index (κ3) is 4.47. The molecule has 8 heteroatoms. The molecular weight excluding hydrogens is 231 g/mol. The van der Waals surface area contributed by atoms with E-state index in [1.807, 2.05) is 0 Å². The third-order valence-electron chi connectivity index (χ3n) is 2.07. The molecule has 0 aliphatic heterocycles. The van der Waals surface area contributed by atoms with Gasteiger partial charge in [-0.25, -0.2) is 4.79 Å². The first kappa shape index (κ1) is 14.7. The third-order valence-corrected chi connectivity index (χ3v) is 2.07. The average molecular weight is 243 g/mol. The number of carbonyl (C=O) groups is 2. The van der Waals surface area contributed by atoms with Crippen molar-refractivity contribution in [3.63, 3.8) is 0 Å². The number of carboxylic acid groups (broad SMARTS) is 1. The maximum absolute atomic E-state index is 10.7. The maximum atomic E-state index is 10.7. The Kier molecular flexibility index (Phi) is 5.22. The van der Waals surface area contributed by atoms with Crippen molar-refractivity contribution in [2.45, 2.75) is 25.1 Å². The Morgan fingerprint density at radius 1 is 1.38 bits per heavy atom. The highest BCUT2D eigenvalue weighted by atomic mass is 19.4. The molecule has 1 aliphatic carbocycles. The van der Waals surface area contributed by atoms with Gasteiger partial charge in [0.25, 0.3) is 0 Å². The van der Waals surface area contributed by atoms with E-state index in [-0.39, 0.29) is 17.9 Å². The molecule has 94 valence electrons. The van der Waals surface area contributed by atoms with E-state index in [9.17, 15) is 18.0 Å². The Bertz CT molecular complexity index is 266. The first-order chi connectivity index (χ1) is 7.20. The molecule has 3 N–H and O–H groups in total. The number of nitrogens with two attached hydrogens (primary N) is 1. The van der Waals surface area contributed by atoms with Crippen molar-refractivity contribution < 1.29 is 32.6 Å². The van der Waals surface area contributed by atoms with Gasteiger partial charge in [-0.05, 0) is 12.8 Å². The minimum absolute atomic E-state index is 0.0185. The van der Waals surface area contributed by atoms with Crippen molar-refractivity contribution in [3.05, 3.63) is 0 Å². The average Bonchev–Trinajstić information content (AvgIpc) is 2.14. The van der Waals surface area contributed by atoms with Crippen LogP contribution in [0, 0.1) is 5.92 Å². The van der Waals surface area contributed by atoms with E-state index in [1.165, 1.54) is 7.11 Å². The summed E-state index contributed by atoms with van der Waals surface area (Å²) in [4.78, 5) is 19.6. The van der Waals surface area contributed by atoms with Gasteiger partial charge in [0.2, 0.25) is 0 Å². The molecule has 0 saturated heterocycles. The summed E-state index contributed by atoms with van der Waals surface area (Å²) in [5.74, 6) is -2.93. The number of esters is 1. The highest BCUT2D eigenvalue weighted by Crippen LogP contribution is 2.26. The number of carbonyl (C=O) groups excluding carboxylic acids is 1. The zero-order chi connectivity index (χ0) is 12.9. The molecule has 1 saturated carbocycles. The predicted molar refractivity (Wildman–Crippen MR) is 46.4 cm³/mol. The standard InChI is InChI=1S/C6H11NO2.C2HF3O2/c1-9-6(8)4-2-3-5(4)7;3-2(4,5)1(6)7/h4-5H,2-3,7H2,1H3;(H,6,7)/t4-,5-;/m1./s1. The number of ether oxygens (including phenoxy) is 1. The molecule has 1 aliphatic rings. The lowest BCUT2D eigenvalue weighted by Crippen LogP contribution is -2.44. The second-order valence-electron chi connectivity index (χ2n) is 3.17. The van der Waals surface area contributed by atoms with Crippen LogP contribution in [0.4, 0.5) is 13.2 Å². The first-order valence-corrected chi connectivity index (χ1v) is 4.33. The van der Waals surface area contributed by atoms with Crippen LogP contribution < -0.4 is 5.73 Å². The van der Waals surface area contributed by atoms with Crippen molar-refractivity contribution in [3.8, 4) is 0 Å². The van der Waals surface area contributed by atoms with E-state index in [1.54, 1.807) is 0 Å². The van der Waals surface area contributed by atoms with Gasteiger partial charge in [0.05, 0.1) is 13.0 Å². The molecule has 1 fully saturated rings. The topological polar surface area (TPSA) is 89.6 Å². The van der Waals surface area contributed by atoms with E-state index in [0.717, 1.165) is 12.8 Å². The molecule has 16 heavy (non-hydrogen) atoms. The van der Waals surface area contributed by atoms with E-state index < -0.39 is 12.1 Å². The van der Waals surface area contributed by atoms with Crippen molar-refractivity contribution >= 4 is 11.9 Å². The zero-order valence-corrected chi connectivity index (χ0v) is 8.45. The molecule has 0 unspecified atom stereocenters. The van der Waals surface area contributed by atoms with Gasteiger partial charge in [-0.1, -0.05) is 0 Å². The van der Waals surface area contributed by atoms with Crippen LogP contribution in [0.5, 0.6) is 0 Å². The summed E-state index contributed by atoms with van der Waals surface area (Å²) in [6, 6.07) is 0.0532. The normalized spacial score (nSPS) is 23.6. The molecule has 0 spiro atoms. The van der Waals surface area contributed by atoms with Crippen LogP contribution >= 0.6 is 0 Å². The highest BCUT2D eigenvalue weighted by molar-refractivity contribution is 5.74. The Morgan fingerprint density at radius 3 is 1.88 bits per heavy atom. The van der Waals surface area contributed by atoms with E-state index >= 15 is 0 Å². The molecule has 0 aromatic carbocycles. The number of alkyl halides is 3. The second kappa shape index (κ2) is 5.69. The molecule has 2 atom stereocenters. The predicted octanol–water partition coefficient (Wildman–Crippen LogP) is 0.530. The summed E-state index contributed by atoms with van der Waals surface area (Å²) < 4.78 is 36.2. The number of hydrogen-bond acceptors (Lipinski definition) is 4. The summed E-state index contributed by atoms with van der Waals surface area (Å²) in [6.45, 7) is 0. The van der Waals surface area contributed by atoms with Gasteiger partial charge in [-0.2, -0.15) is 13.2 Å². The lowest BCUT2D eigenvalue weighted by atomic mass is 9.80. The van der Waals surface area contributed by atoms with Crippen LogP contribution in [0.2, 0.25) is 0 Å². The molecule has 0 bridgehead atoms. The lowest BCUT2D eigenvalue weighted by Gasteiger charge is -2.30. The van der Waals surface area contributed by atoms with Crippen LogP contribution in [0.1, 0.15) is 12.8 Å². The first-order valence-electron chi connectivity index (χ1n) is 4.33. The summed E-state index contributed by atoms with van der Waals surface area (Å²) in [5.41, 5.74) is 5.50. The summed E-state index contributed by atoms with van der Waals surface area (Å²) in [6.07, 6.45) is -3.23. The van der Waals surface area contributed by atoms with Gasteiger partial charge in [-0.15, -0.1) is 0 Å². The minimum Gasteiger partial charge on any atom is -0.475 e. The monoisotopic (exact) mass is 243 g/mol. The molecule has 1 rings (SSSR count). The molecule has 0 radical (unpaired) electrons. The Morgan fingerprint density at radius 2 is 1.81 bits per heavy atom. The van der Waals surface area contributed by atoms with Crippen molar-refractivity contribution in [2.24, 2.45) is 11.7 Å². The largest absolute Gasteiger partial charge is 0.490 e. The number of methoxy groups -OCH3 is 1. The van der Waals surface area contributed by atoms with Crippen LogP contribution in [-0.2, 0) is 14.3 Å². The van der Waals surface area contributed by atoms with Gasteiger partial charge in [-0.3, -0.25) is 4.79 Å². The van der Waals surface area contributed by atoms with E-state index in [0.29, 0.717) is 0 Å². The summed E-state index contributed by atoms with van der Waals surface area (Å²) >= 11 is 0. The number of halogens is 3. The molecule has 0 aromatic heterocycles. The summed E-state index contributed by atoms with van der Waals surface area (Å²) in [7, 11) is 1.40. The van der Waals surface area contributed by atoms with Crippen molar-refractivity contribution in [1.82, 2.24) is 0 Å². The molecule has 5 nitrogen and oxygen atoms in total. The molecular formula is C8H12F3NO4. The fourth-order valence-electron chi connectivity index (χ4n) is 0.970. The smallest absolute Gasteiger partial charge is 0.475 e. The van der Waals surface area contributed by atoms with Crippen LogP contribution in [0.15, 0.2) is 0 Å². The Labute approximate surface area is 89.4 Å². The lowest BCUT2D eigenvalue weighted by molar-refractivity contribution is -0.192. The van der Waals surface area contributed by atoms with Gasteiger partial charge < -0.3 is 15.6 Å². The number of hydrogen-bond donors (Lipinski definition) is 2. The Balaban J connectivity index is 0.000000293. The molecule has 0 aromatic rings. The van der Waals surface area contributed by atoms with Gasteiger partial charge in [0.15, 0.2) is 0 Å². The number of rotatable bonds is 1. The molecule has 0 amide bonds. The number of carboxylic acids is 1. The maximum Gasteiger partial charge on any atom is 0.490 e. The fraction of sp³-hybridized carbons (Fsp3) is 0.750. The highest BCUT2D eigenvalue weighted by Gasteiger charge is 2.38. The Hall–Kier alpha value is -1.31. The van der Waals surface area contributed by atoms with Crippen LogP contribution in [0.25, 0.3) is 0 Å². The zero-order valence-electron chi connectivity index (χ0n) is 8.45. The summed E-state index contributed by atoms with van der Waals surface area (Å²) in [5, 5.41) is 7.12. The fourth-order valence-corrected chi connectivity index (χ4v) is 0.970. The molecule has 0 heterocycles. The SMILES string of the molecule is COC(=O)[C@@H]1CC[C@H]1N.O=C(O)C(F)(F)F. The van der Waals surface area contributed by atoms with Gasteiger partial charge >= 0.3 is 18.1 Å². The number of aliphatic carboxylic acids is 1. The minimum atomic E-state index is -5.08. The second-order valence-corrected chi connectivity index (χ2v) is 3.17. The van der Waals surface area contributed by atoms with Crippen molar-refractivity contribution in [2.75, 3.05) is 7.11 Å². The van der Waals surface area contributed by atoms with Gasteiger partial charge in [0, 0.05) is 6.04 Å². The van der Waals surface area contributed by atoms with Crippen molar-refractivity contribution in [1.29, 1.82) is 0 Å². The van der Waals surface area contributed by atoms with E-state index in [2.05, 4.69) is 4.74 Å².